The number of rotatable bonds is 7. The fraction of sp³-hybridized carbons (Fsp3) is 0.389. The number of carboxylic acids is 1. The normalized spacial score (nSPS) is 12.2. The van der Waals surface area contributed by atoms with E-state index in [4.69, 9.17) is 5.11 Å². The molecule has 0 saturated heterocycles. The molecule has 140 valence electrons. The lowest BCUT2D eigenvalue weighted by molar-refractivity contribution is -0.142. The summed E-state index contributed by atoms with van der Waals surface area (Å²) in [6.07, 6.45) is 0.302. The summed E-state index contributed by atoms with van der Waals surface area (Å²) in [5.74, 6) is -2.41. The van der Waals surface area contributed by atoms with Gasteiger partial charge in [0.05, 0.1) is 11.4 Å². The molecule has 0 aliphatic rings. The van der Waals surface area contributed by atoms with Crippen LogP contribution < -0.4 is 10.6 Å². The average molecular weight is 380 g/mol. The van der Waals surface area contributed by atoms with E-state index in [1.165, 1.54) is 23.5 Å². The smallest absolute Gasteiger partial charge is 0.326 e. The zero-order valence-corrected chi connectivity index (χ0v) is 15.6. The number of fused-ring (bicyclic) bond motifs is 1. The number of hydrogen-bond donors (Lipinski definition) is 3. The van der Waals surface area contributed by atoms with Crippen LogP contribution in [0.2, 0.25) is 0 Å². The maximum absolute atomic E-state index is 13.4. The molecule has 0 bridgehead atoms. The van der Waals surface area contributed by atoms with Crippen LogP contribution in [0.15, 0.2) is 18.2 Å². The Bertz CT molecular complexity index is 847. The van der Waals surface area contributed by atoms with Gasteiger partial charge in [-0.05, 0) is 48.4 Å². The summed E-state index contributed by atoms with van der Waals surface area (Å²) in [5, 5.41) is 14.7. The Morgan fingerprint density at radius 1 is 1.27 bits per heavy atom. The minimum absolute atomic E-state index is 0.104. The molecule has 1 aromatic heterocycles. The number of thiophene rings is 1. The Hall–Kier alpha value is -2.48. The van der Waals surface area contributed by atoms with Crippen LogP contribution in [-0.4, -0.2) is 35.5 Å². The Labute approximate surface area is 154 Å². The molecule has 1 atom stereocenters. The Morgan fingerprint density at radius 2 is 1.96 bits per heavy atom. The molecule has 0 spiro atoms. The van der Waals surface area contributed by atoms with Gasteiger partial charge in [-0.15, -0.1) is 11.3 Å². The van der Waals surface area contributed by atoms with Crippen LogP contribution in [0, 0.1) is 18.7 Å². The Kier molecular flexibility index (Phi) is 6.31. The third-order valence-electron chi connectivity index (χ3n) is 3.85. The van der Waals surface area contributed by atoms with Crippen molar-refractivity contribution >= 4 is 39.2 Å². The van der Waals surface area contributed by atoms with Gasteiger partial charge in [0.25, 0.3) is 5.91 Å². The van der Waals surface area contributed by atoms with Gasteiger partial charge in [-0.2, -0.15) is 0 Å². The van der Waals surface area contributed by atoms with Crippen LogP contribution in [-0.2, 0) is 9.59 Å². The van der Waals surface area contributed by atoms with E-state index in [1.807, 2.05) is 13.8 Å². The standard InChI is InChI=1S/C18H21FN2O4S/c1-9(2)6-13(18(24)25)21-15(22)8-20-17(23)16-10(3)12-7-11(19)4-5-14(12)26-16/h4-5,7,9,13H,6,8H2,1-3H3,(H,20,23)(H,21,22)(H,24,25)/t13-/m0/s1. The van der Waals surface area contributed by atoms with Crippen molar-refractivity contribution in [3.8, 4) is 0 Å². The highest BCUT2D eigenvalue weighted by molar-refractivity contribution is 7.21. The molecule has 1 heterocycles. The minimum atomic E-state index is -1.11. The van der Waals surface area contributed by atoms with Crippen molar-refractivity contribution in [3.63, 3.8) is 0 Å². The molecule has 0 aliphatic heterocycles. The fourth-order valence-electron chi connectivity index (χ4n) is 2.59. The highest BCUT2D eigenvalue weighted by atomic mass is 32.1. The first-order chi connectivity index (χ1) is 12.2. The van der Waals surface area contributed by atoms with Gasteiger partial charge in [0.15, 0.2) is 0 Å². The SMILES string of the molecule is Cc1c(C(=O)NCC(=O)N[C@@H](CC(C)C)C(=O)O)sc2ccc(F)cc12. The van der Waals surface area contributed by atoms with Crippen molar-refractivity contribution in [1.29, 1.82) is 0 Å². The minimum Gasteiger partial charge on any atom is -0.480 e. The molecule has 0 unspecified atom stereocenters. The van der Waals surface area contributed by atoms with Crippen molar-refractivity contribution in [3.05, 3.63) is 34.5 Å². The molecule has 1 aromatic carbocycles. The topological polar surface area (TPSA) is 95.5 Å². The van der Waals surface area contributed by atoms with Crippen LogP contribution in [0.5, 0.6) is 0 Å². The van der Waals surface area contributed by atoms with Crippen LogP contribution in [0.25, 0.3) is 10.1 Å². The predicted molar refractivity (Wildman–Crippen MR) is 97.9 cm³/mol. The molecule has 0 saturated carbocycles. The van der Waals surface area contributed by atoms with Gasteiger partial charge in [0, 0.05) is 4.70 Å². The third-order valence-corrected chi connectivity index (χ3v) is 5.13. The summed E-state index contributed by atoms with van der Waals surface area (Å²) in [4.78, 5) is 35.8. The lowest BCUT2D eigenvalue weighted by atomic mass is 10.0. The molecular weight excluding hydrogens is 359 g/mol. The molecule has 26 heavy (non-hydrogen) atoms. The summed E-state index contributed by atoms with van der Waals surface area (Å²) in [6.45, 7) is 5.10. The van der Waals surface area contributed by atoms with E-state index in [-0.39, 0.29) is 18.3 Å². The quantitative estimate of drug-likeness (QED) is 0.688. The highest BCUT2D eigenvalue weighted by Crippen LogP contribution is 2.31. The highest BCUT2D eigenvalue weighted by Gasteiger charge is 2.22. The Balaban J connectivity index is 2.01. The second-order valence-corrected chi connectivity index (χ2v) is 7.52. The summed E-state index contributed by atoms with van der Waals surface area (Å²) >= 11 is 1.22. The predicted octanol–water partition coefficient (Wildman–Crippen LogP) is 2.69. The molecule has 8 heteroatoms. The van der Waals surface area contributed by atoms with Gasteiger partial charge in [-0.25, -0.2) is 9.18 Å². The van der Waals surface area contributed by atoms with Crippen molar-refractivity contribution in [2.24, 2.45) is 5.92 Å². The van der Waals surface area contributed by atoms with Crippen molar-refractivity contribution in [2.45, 2.75) is 33.2 Å². The molecule has 0 fully saturated rings. The Morgan fingerprint density at radius 3 is 2.58 bits per heavy atom. The van der Waals surface area contributed by atoms with E-state index in [9.17, 15) is 18.8 Å². The number of carbonyl (C=O) groups is 3. The second kappa shape index (κ2) is 8.27. The van der Waals surface area contributed by atoms with Crippen molar-refractivity contribution in [1.82, 2.24) is 10.6 Å². The van der Waals surface area contributed by atoms with Crippen LogP contribution in [0.1, 0.15) is 35.5 Å². The van der Waals surface area contributed by atoms with Crippen LogP contribution in [0.4, 0.5) is 4.39 Å². The lowest BCUT2D eigenvalue weighted by Gasteiger charge is -2.16. The van der Waals surface area contributed by atoms with Gasteiger partial charge in [0.2, 0.25) is 5.91 Å². The van der Waals surface area contributed by atoms with E-state index >= 15 is 0 Å². The van der Waals surface area contributed by atoms with Gasteiger partial charge >= 0.3 is 5.97 Å². The summed E-state index contributed by atoms with van der Waals surface area (Å²) in [6, 6.07) is 3.31. The molecule has 2 amide bonds. The number of amides is 2. The largest absolute Gasteiger partial charge is 0.480 e. The molecule has 6 nitrogen and oxygen atoms in total. The monoisotopic (exact) mass is 380 g/mol. The number of carboxylic acid groups (broad SMARTS) is 1. The van der Waals surface area contributed by atoms with Crippen molar-refractivity contribution < 1.29 is 23.9 Å². The zero-order chi connectivity index (χ0) is 19.4. The van der Waals surface area contributed by atoms with E-state index < -0.39 is 23.8 Å². The lowest BCUT2D eigenvalue weighted by Crippen LogP contribution is -2.46. The third kappa shape index (κ3) is 4.78. The van der Waals surface area contributed by atoms with E-state index in [0.29, 0.717) is 22.2 Å². The van der Waals surface area contributed by atoms with E-state index in [1.54, 1.807) is 13.0 Å². The number of nitrogens with one attached hydrogen (secondary N) is 2. The summed E-state index contributed by atoms with van der Waals surface area (Å²) in [7, 11) is 0. The number of carbonyl (C=O) groups excluding carboxylic acids is 2. The van der Waals surface area contributed by atoms with E-state index in [0.717, 1.165) is 4.70 Å². The first kappa shape index (κ1) is 19.8. The number of benzene rings is 1. The second-order valence-electron chi connectivity index (χ2n) is 6.47. The number of aryl methyl sites for hydroxylation is 1. The van der Waals surface area contributed by atoms with Gasteiger partial charge < -0.3 is 15.7 Å². The van der Waals surface area contributed by atoms with Gasteiger partial charge in [0.1, 0.15) is 11.9 Å². The van der Waals surface area contributed by atoms with Crippen molar-refractivity contribution in [2.75, 3.05) is 6.54 Å². The van der Waals surface area contributed by atoms with Crippen LogP contribution >= 0.6 is 11.3 Å². The maximum Gasteiger partial charge on any atom is 0.326 e. The van der Waals surface area contributed by atoms with E-state index in [2.05, 4.69) is 10.6 Å². The molecule has 0 aliphatic carbocycles. The van der Waals surface area contributed by atoms with Crippen LogP contribution in [0.3, 0.4) is 0 Å². The summed E-state index contributed by atoms with van der Waals surface area (Å²) in [5.41, 5.74) is 0.644. The number of hydrogen-bond acceptors (Lipinski definition) is 4. The maximum atomic E-state index is 13.4. The molecule has 0 radical (unpaired) electrons. The summed E-state index contributed by atoms with van der Waals surface area (Å²) < 4.78 is 14.1. The first-order valence-electron chi connectivity index (χ1n) is 8.18. The van der Waals surface area contributed by atoms with Gasteiger partial charge in [-0.3, -0.25) is 9.59 Å². The fourth-order valence-corrected chi connectivity index (χ4v) is 3.69. The molecular formula is C18H21FN2O4S. The molecule has 2 aromatic rings. The molecule has 3 N–H and O–H groups in total. The average Bonchev–Trinajstić information content (AvgIpc) is 2.88. The van der Waals surface area contributed by atoms with Gasteiger partial charge in [-0.1, -0.05) is 13.8 Å². The first-order valence-corrected chi connectivity index (χ1v) is 8.99. The number of aliphatic carboxylic acids is 1. The molecule has 2 rings (SSSR count). The zero-order valence-electron chi connectivity index (χ0n) is 14.8. The number of halogens is 1.